The molecule has 0 aliphatic carbocycles. The number of rotatable bonds is 0. The minimum Gasteiger partial charge on any atom is -0.652 e. The fourth-order valence-corrected chi connectivity index (χ4v) is 0. The fraction of sp³-hybridized carbons (Fsp3) is 0.889. The van der Waals surface area contributed by atoms with Crippen molar-refractivity contribution < 1.29 is 26.5 Å². The Morgan fingerprint density at radius 3 is 0.857 bits per heavy atom. The van der Waals surface area contributed by atoms with Gasteiger partial charge >= 0.3 is 0 Å². The molecule has 0 heterocycles. The quantitative estimate of drug-likeness (QED) is 0.462. The van der Waals surface area contributed by atoms with Gasteiger partial charge in [-0.25, -0.2) is 0 Å². The Balaban J connectivity index is -0.000000131. The van der Waals surface area contributed by atoms with Gasteiger partial charge in [-0.05, 0) is 47.7 Å². The molecule has 0 aromatic heterocycles. The third-order valence-electron chi connectivity index (χ3n) is 0. The molecule has 0 fully saturated rings. The second-order valence-corrected chi connectivity index (χ2v) is 5.37. The molecule has 0 aromatic carbocycles. The molecule has 0 bridgehead atoms. The lowest BCUT2D eigenvalue weighted by Crippen LogP contribution is -2.67. The van der Waals surface area contributed by atoms with E-state index in [4.69, 9.17) is 15.0 Å². The Kier molecular flexibility index (Phi) is 10.2. The van der Waals surface area contributed by atoms with Crippen molar-refractivity contribution in [2.75, 3.05) is 0 Å². The highest BCUT2D eigenvalue weighted by atomic mass is 16.6. The standard InChI is InChI=1S/2C4H11N.CH2O3/c2*1-4(2,3)5;2-1(3)4/h2*5H2,1-3H3;(H2,2,3,4). The summed E-state index contributed by atoms with van der Waals surface area (Å²) < 4.78 is 0. The van der Waals surface area contributed by atoms with Crippen LogP contribution >= 0.6 is 0 Å². The van der Waals surface area contributed by atoms with Gasteiger partial charge in [0.05, 0.1) is 11.1 Å². The largest absolute Gasteiger partial charge is 0.652 e. The zero-order valence-corrected chi connectivity index (χ0v) is 10.1. The molecule has 14 heavy (non-hydrogen) atoms. The van der Waals surface area contributed by atoms with Gasteiger partial charge in [0.25, 0.3) is 0 Å². The van der Waals surface area contributed by atoms with Crippen molar-refractivity contribution in [2.24, 2.45) is 0 Å². The maximum Gasteiger partial charge on any atom is 0.0860 e. The fourth-order valence-electron chi connectivity index (χ4n) is 0. The van der Waals surface area contributed by atoms with Crippen LogP contribution in [0.4, 0.5) is 4.79 Å². The summed E-state index contributed by atoms with van der Waals surface area (Å²) in [6.45, 7) is 12.5. The first-order valence-electron chi connectivity index (χ1n) is 4.32. The summed E-state index contributed by atoms with van der Waals surface area (Å²) in [7, 11) is 0. The van der Waals surface area contributed by atoms with E-state index in [2.05, 4.69) is 53.0 Å². The Bertz CT molecular complexity index is 117. The van der Waals surface area contributed by atoms with Gasteiger partial charge in [0, 0.05) is 0 Å². The lowest BCUT2D eigenvalue weighted by molar-refractivity contribution is -0.459. The number of quaternary nitrogens is 2. The molecule has 0 spiro atoms. The number of hydrogen-bond acceptors (Lipinski definition) is 3. The second-order valence-electron chi connectivity index (χ2n) is 5.37. The maximum absolute atomic E-state index is 8.33. The van der Waals surface area contributed by atoms with Crippen LogP contribution in [0.25, 0.3) is 0 Å². The van der Waals surface area contributed by atoms with Crippen molar-refractivity contribution in [2.45, 2.75) is 52.6 Å². The van der Waals surface area contributed by atoms with E-state index in [9.17, 15) is 0 Å². The van der Waals surface area contributed by atoms with Gasteiger partial charge in [0.15, 0.2) is 0 Å². The Hall–Kier alpha value is -0.810. The molecule has 0 radical (unpaired) electrons. The highest BCUT2D eigenvalue weighted by Crippen LogP contribution is 1.84. The van der Waals surface area contributed by atoms with Crippen LogP contribution < -0.4 is 21.7 Å². The van der Waals surface area contributed by atoms with Gasteiger partial charge in [-0.1, -0.05) is 0 Å². The summed E-state index contributed by atoms with van der Waals surface area (Å²) in [5, 5.41) is 16.7. The summed E-state index contributed by atoms with van der Waals surface area (Å²) in [6.07, 6.45) is -2.33. The van der Waals surface area contributed by atoms with Crippen molar-refractivity contribution in [1.29, 1.82) is 0 Å². The van der Waals surface area contributed by atoms with Crippen molar-refractivity contribution >= 4 is 6.16 Å². The van der Waals surface area contributed by atoms with Crippen LogP contribution in [0, 0.1) is 0 Å². The molecule has 0 aliphatic heterocycles. The van der Waals surface area contributed by atoms with E-state index in [1.54, 1.807) is 0 Å². The van der Waals surface area contributed by atoms with Crippen LogP contribution in [-0.4, -0.2) is 17.2 Å². The van der Waals surface area contributed by atoms with Crippen molar-refractivity contribution in [3.63, 3.8) is 0 Å². The van der Waals surface area contributed by atoms with Gasteiger partial charge in [0.1, 0.15) is 0 Å². The minimum atomic E-state index is -2.33. The lowest BCUT2D eigenvalue weighted by atomic mass is 10.1. The second kappa shape index (κ2) is 7.58. The molecular weight excluding hydrogens is 184 g/mol. The van der Waals surface area contributed by atoms with Crippen molar-refractivity contribution in [3.8, 4) is 0 Å². The molecule has 0 atom stereocenters. The average Bonchev–Trinajstić information content (AvgIpc) is 1.45. The predicted molar refractivity (Wildman–Crippen MR) is 50.7 cm³/mol. The molecule has 0 saturated carbocycles. The molecule has 0 unspecified atom stereocenters. The van der Waals surface area contributed by atoms with Gasteiger partial charge in [-0.3, -0.25) is 0 Å². The highest BCUT2D eigenvalue weighted by molar-refractivity contribution is 5.47. The normalized spacial score (nSPS) is 10.3. The summed E-state index contributed by atoms with van der Waals surface area (Å²) in [4.78, 5) is 8.33. The first-order chi connectivity index (χ1) is 5.73. The van der Waals surface area contributed by atoms with E-state index >= 15 is 0 Å². The molecule has 5 nitrogen and oxygen atoms in total. The third-order valence-corrected chi connectivity index (χ3v) is 0. The predicted octanol–water partition coefficient (Wildman–Crippen LogP) is -2.39. The van der Waals surface area contributed by atoms with E-state index in [1.165, 1.54) is 0 Å². The Labute approximate surface area is 86.1 Å². The molecular formula is C9H24N2O3. The maximum atomic E-state index is 8.33. The number of hydrogen-bond donors (Lipinski definition) is 2. The molecule has 0 rings (SSSR count). The van der Waals surface area contributed by atoms with E-state index in [-0.39, 0.29) is 11.1 Å². The molecule has 0 saturated heterocycles. The summed E-state index contributed by atoms with van der Waals surface area (Å²) in [6, 6.07) is 0. The summed E-state index contributed by atoms with van der Waals surface area (Å²) in [5.74, 6) is 0. The lowest BCUT2D eigenvalue weighted by Gasteiger charge is -2.01. The van der Waals surface area contributed by atoms with E-state index < -0.39 is 6.16 Å². The first-order valence-corrected chi connectivity index (χ1v) is 4.32. The summed E-state index contributed by atoms with van der Waals surface area (Å²) >= 11 is 0. The highest BCUT2D eigenvalue weighted by Gasteiger charge is 2.01. The smallest absolute Gasteiger partial charge is 0.0860 e. The Morgan fingerprint density at radius 2 is 0.857 bits per heavy atom. The van der Waals surface area contributed by atoms with E-state index in [0.29, 0.717) is 0 Å². The third kappa shape index (κ3) is 1770. The molecule has 6 N–H and O–H groups in total. The minimum absolute atomic E-state index is 0.250. The zero-order valence-electron chi connectivity index (χ0n) is 10.1. The van der Waals surface area contributed by atoms with Crippen LogP contribution in [0.2, 0.25) is 0 Å². The average molecular weight is 208 g/mol. The van der Waals surface area contributed by atoms with Gasteiger partial charge in [-0.15, -0.1) is 0 Å². The molecule has 5 heteroatoms. The van der Waals surface area contributed by atoms with Crippen LogP contribution in [0.3, 0.4) is 0 Å². The topological polar surface area (TPSA) is 118 Å². The summed E-state index contributed by atoms with van der Waals surface area (Å²) in [5.41, 5.74) is 8.04. The van der Waals surface area contributed by atoms with Crippen LogP contribution in [-0.2, 0) is 0 Å². The molecule has 88 valence electrons. The number of carbonyl (C=O) groups is 1. The number of carboxylic acid groups (broad SMARTS) is 2. The zero-order chi connectivity index (χ0) is 12.6. The SMILES string of the molecule is CC(C)(C)[NH3+].CC(C)(C)[NH3+].O=C([O-])[O-]. The van der Waals surface area contributed by atoms with Crippen LogP contribution in [0.1, 0.15) is 41.5 Å². The number of carbonyl (C=O) groups excluding carboxylic acids is 1. The molecule has 0 amide bonds. The van der Waals surface area contributed by atoms with Gasteiger partial charge < -0.3 is 26.5 Å². The van der Waals surface area contributed by atoms with Gasteiger partial charge in [-0.2, -0.15) is 0 Å². The molecule has 0 aromatic rings. The van der Waals surface area contributed by atoms with Crippen LogP contribution in [0.5, 0.6) is 0 Å². The van der Waals surface area contributed by atoms with Crippen molar-refractivity contribution in [1.82, 2.24) is 0 Å². The monoisotopic (exact) mass is 208 g/mol. The Morgan fingerprint density at radius 1 is 0.857 bits per heavy atom. The first kappa shape index (κ1) is 18.9. The van der Waals surface area contributed by atoms with Gasteiger partial charge in [0.2, 0.25) is 0 Å². The van der Waals surface area contributed by atoms with E-state index in [1.807, 2.05) is 0 Å². The van der Waals surface area contributed by atoms with Crippen molar-refractivity contribution in [3.05, 3.63) is 0 Å². The van der Waals surface area contributed by atoms with Crippen LogP contribution in [0.15, 0.2) is 0 Å². The molecule has 0 aliphatic rings. The van der Waals surface area contributed by atoms with E-state index in [0.717, 1.165) is 0 Å².